The molecule has 1 N–H and O–H groups in total. The molecule has 8 heteroatoms. The van der Waals surface area contributed by atoms with Crippen molar-refractivity contribution in [3.8, 4) is 0 Å². The molecule has 0 spiro atoms. The van der Waals surface area contributed by atoms with Crippen LogP contribution < -0.4 is 4.72 Å². The molecule has 0 aliphatic carbocycles. The van der Waals surface area contributed by atoms with Crippen molar-refractivity contribution in [1.82, 2.24) is 10.2 Å². The van der Waals surface area contributed by atoms with Crippen LogP contribution in [-0.2, 0) is 10.0 Å². The van der Waals surface area contributed by atoms with Crippen molar-refractivity contribution >= 4 is 38.3 Å². The molecule has 2 aromatic rings. The number of rotatable bonds is 6. The van der Waals surface area contributed by atoms with Gasteiger partial charge in [-0.1, -0.05) is 54.6 Å². The van der Waals surface area contributed by atoms with Gasteiger partial charge in [0.1, 0.15) is 0 Å². The van der Waals surface area contributed by atoms with E-state index in [4.69, 9.17) is 0 Å². The van der Waals surface area contributed by atoms with Crippen LogP contribution in [0.2, 0.25) is 0 Å². The molecule has 0 saturated heterocycles. The largest absolute Gasteiger partial charge is 0.263 e. The van der Waals surface area contributed by atoms with Gasteiger partial charge in [-0.05, 0) is 25.0 Å². The van der Waals surface area contributed by atoms with E-state index in [1.807, 2.05) is 6.92 Å². The van der Waals surface area contributed by atoms with E-state index in [0.717, 1.165) is 15.7 Å². The number of hydrogen-bond donors (Lipinski definition) is 1. The van der Waals surface area contributed by atoms with E-state index in [2.05, 4.69) is 28.8 Å². The van der Waals surface area contributed by atoms with Gasteiger partial charge in [0.25, 0.3) is 10.0 Å². The van der Waals surface area contributed by atoms with Gasteiger partial charge in [-0.2, -0.15) is 0 Å². The maximum atomic E-state index is 12.2. The normalized spacial score (nSPS) is 11.8. The third-order valence-corrected chi connectivity index (χ3v) is 6.38. The topological polar surface area (TPSA) is 72.0 Å². The predicted molar refractivity (Wildman–Crippen MR) is 87.5 cm³/mol. The molecule has 0 amide bonds. The fourth-order valence-corrected chi connectivity index (χ4v) is 4.40. The number of nitrogens with zero attached hydrogens (tertiary/aromatic N) is 2. The molecule has 1 aromatic heterocycles. The van der Waals surface area contributed by atoms with Crippen LogP contribution in [-0.4, -0.2) is 24.4 Å². The van der Waals surface area contributed by atoms with Gasteiger partial charge in [0.05, 0.1) is 4.90 Å². The van der Waals surface area contributed by atoms with Gasteiger partial charge in [-0.15, -0.1) is 10.2 Å². The molecule has 21 heavy (non-hydrogen) atoms. The van der Waals surface area contributed by atoms with Gasteiger partial charge in [-0.25, -0.2) is 8.42 Å². The summed E-state index contributed by atoms with van der Waals surface area (Å²) < 4.78 is 27.7. The third kappa shape index (κ3) is 4.69. The number of benzene rings is 1. The highest BCUT2D eigenvalue weighted by molar-refractivity contribution is 8.01. The van der Waals surface area contributed by atoms with Crippen LogP contribution >= 0.6 is 23.1 Å². The van der Waals surface area contributed by atoms with E-state index in [0.29, 0.717) is 11.0 Å². The van der Waals surface area contributed by atoms with E-state index in [1.54, 1.807) is 36.0 Å². The lowest BCUT2D eigenvalue weighted by Gasteiger charge is -2.04. The average Bonchev–Trinajstić information content (AvgIpc) is 2.84. The van der Waals surface area contributed by atoms with Crippen molar-refractivity contribution in [2.24, 2.45) is 5.92 Å². The highest BCUT2D eigenvalue weighted by Crippen LogP contribution is 2.28. The summed E-state index contributed by atoms with van der Waals surface area (Å²) >= 11 is 2.83. The monoisotopic (exact) mass is 343 g/mol. The zero-order valence-corrected chi connectivity index (χ0v) is 14.5. The van der Waals surface area contributed by atoms with Crippen LogP contribution in [0.4, 0.5) is 5.13 Å². The fourth-order valence-electron chi connectivity index (χ4n) is 1.44. The van der Waals surface area contributed by atoms with Crippen LogP contribution in [0.5, 0.6) is 0 Å². The van der Waals surface area contributed by atoms with E-state index in [9.17, 15) is 8.42 Å². The Morgan fingerprint density at radius 2 is 1.90 bits per heavy atom. The van der Waals surface area contributed by atoms with Crippen molar-refractivity contribution in [3.63, 3.8) is 0 Å². The number of nitrogens with one attached hydrogen (secondary N) is 1. The first kappa shape index (κ1) is 16.3. The molecule has 114 valence electrons. The molecule has 0 aliphatic heterocycles. The van der Waals surface area contributed by atoms with Gasteiger partial charge in [0, 0.05) is 5.75 Å². The number of thioether (sulfide) groups is 1. The van der Waals surface area contributed by atoms with Gasteiger partial charge in [-0.3, -0.25) is 4.72 Å². The first-order valence-corrected chi connectivity index (χ1v) is 9.71. The van der Waals surface area contributed by atoms with Crippen LogP contribution in [0, 0.1) is 12.8 Å². The number of aromatic nitrogens is 2. The van der Waals surface area contributed by atoms with Crippen LogP contribution in [0.3, 0.4) is 0 Å². The summed E-state index contributed by atoms with van der Waals surface area (Å²) in [6, 6.07) is 6.68. The predicted octanol–water partition coefficient (Wildman–Crippen LogP) is 3.40. The maximum Gasteiger partial charge on any atom is 0.263 e. The Morgan fingerprint density at radius 3 is 2.52 bits per heavy atom. The lowest BCUT2D eigenvalue weighted by Crippen LogP contribution is -2.12. The Hall–Kier alpha value is -1.12. The first-order chi connectivity index (χ1) is 9.87. The lowest BCUT2D eigenvalue weighted by atomic mass is 10.2. The molecule has 2 rings (SSSR count). The van der Waals surface area contributed by atoms with Crippen molar-refractivity contribution in [2.45, 2.75) is 30.0 Å². The minimum absolute atomic E-state index is 0.222. The number of aryl methyl sites for hydroxylation is 1. The van der Waals surface area contributed by atoms with E-state index in [-0.39, 0.29) is 4.90 Å². The molecule has 0 fully saturated rings. The fraction of sp³-hybridized carbons (Fsp3) is 0.385. The quantitative estimate of drug-likeness (QED) is 0.814. The molecule has 5 nitrogen and oxygen atoms in total. The van der Waals surface area contributed by atoms with Gasteiger partial charge in [0.2, 0.25) is 5.13 Å². The van der Waals surface area contributed by atoms with Crippen LogP contribution in [0.1, 0.15) is 19.4 Å². The highest BCUT2D eigenvalue weighted by Gasteiger charge is 2.16. The number of hydrogen-bond acceptors (Lipinski definition) is 6. The smallest absolute Gasteiger partial charge is 0.253 e. The zero-order valence-electron chi connectivity index (χ0n) is 12.0. The van der Waals surface area contributed by atoms with E-state index < -0.39 is 10.0 Å². The van der Waals surface area contributed by atoms with Gasteiger partial charge in [0.15, 0.2) is 4.34 Å². The SMILES string of the molecule is Cc1ccc(S(=O)(=O)Nc2nnc(SCC(C)C)s2)cc1. The molecule has 0 atom stereocenters. The van der Waals surface area contributed by atoms with Crippen molar-refractivity contribution < 1.29 is 8.42 Å². The summed E-state index contributed by atoms with van der Waals surface area (Å²) in [7, 11) is -3.60. The average molecular weight is 343 g/mol. The molecule has 0 radical (unpaired) electrons. The molecule has 0 saturated carbocycles. The number of anilines is 1. The zero-order chi connectivity index (χ0) is 15.5. The van der Waals surface area contributed by atoms with Crippen LogP contribution in [0.25, 0.3) is 0 Å². The van der Waals surface area contributed by atoms with E-state index >= 15 is 0 Å². The Kier molecular flexibility index (Phi) is 5.23. The minimum Gasteiger partial charge on any atom is -0.253 e. The second-order valence-electron chi connectivity index (χ2n) is 5.00. The second kappa shape index (κ2) is 6.76. The molecule has 1 aromatic carbocycles. The summed E-state index contributed by atoms with van der Waals surface area (Å²) in [6.07, 6.45) is 0. The summed E-state index contributed by atoms with van der Waals surface area (Å²) in [6.45, 7) is 6.15. The Bertz CT molecular complexity index is 694. The molecule has 0 bridgehead atoms. The molecular formula is C13H17N3O2S3. The van der Waals surface area contributed by atoms with Crippen molar-refractivity contribution in [2.75, 3.05) is 10.5 Å². The first-order valence-electron chi connectivity index (χ1n) is 6.42. The Balaban J connectivity index is 2.08. The highest BCUT2D eigenvalue weighted by atomic mass is 32.2. The number of sulfonamides is 1. The molecule has 0 aliphatic rings. The molecule has 0 unspecified atom stereocenters. The summed E-state index contributed by atoms with van der Waals surface area (Å²) in [5, 5.41) is 8.16. The van der Waals surface area contributed by atoms with Crippen LogP contribution in [0.15, 0.2) is 33.5 Å². The molecular weight excluding hydrogens is 326 g/mol. The summed E-state index contributed by atoms with van der Waals surface area (Å²) in [5.74, 6) is 1.48. The van der Waals surface area contributed by atoms with Crippen molar-refractivity contribution in [1.29, 1.82) is 0 Å². The van der Waals surface area contributed by atoms with Gasteiger partial charge < -0.3 is 0 Å². The standard InChI is InChI=1S/C13H17N3O2S3/c1-9(2)8-19-13-15-14-12(20-13)16-21(17,18)11-6-4-10(3)5-7-11/h4-7,9H,8H2,1-3H3,(H,14,16). The third-order valence-electron chi connectivity index (χ3n) is 2.50. The summed E-state index contributed by atoms with van der Waals surface area (Å²) in [5.41, 5.74) is 1.01. The molecule has 1 heterocycles. The second-order valence-corrected chi connectivity index (χ2v) is 8.92. The Morgan fingerprint density at radius 1 is 1.24 bits per heavy atom. The van der Waals surface area contributed by atoms with Crippen molar-refractivity contribution in [3.05, 3.63) is 29.8 Å². The maximum absolute atomic E-state index is 12.2. The van der Waals surface area contributed by atoms with Gasteiger partial charge >= 0.3 is 0 Å². The Labute approximate surface area is 133 Å². The summed E-state index contributed by atoms with van der Waals surface area (Å²) in [4.78, 5) is 0.222. The lowest BCUT2D eigenvalue weighted by molar-refractivity contribution is 0.601. The van der Waals surface area contributed by atoms with E-state index in [1.165, 1.54) is 11.3 Å². The minimum atomic E-state index is -3.60.